The number of alkyl halides is 3. The maximum absolute atomic E-state index is 15.9. The lowest BCUT2D eigenvalue weighted by molar-refractivity contribution is -0.250. The standard InChI is InChI=1S/C36H37Cl2F4N3O5/c1-4-50-34(48)19-14-15-25(27(16-19)49-3)45-33(47)31-28(23-12-7-13-24(38)30(23)39)29(32(46)43-22-11-6-10-21(37)17-22)26(44-31)18-35(2,36(40,41)42)20-8-5-9-20/h6-7,10-17,20,26,28-29,31,44H,4-5,8-9,18H2,1-3H3,(H,43,46)(H,45,47)/t26-,28+,29?,31+,35?/m0/s1. The zero-order valence-corrected chi connectivity index (χ0v) is 29.0. The summed E-state index contributed by atoms with van der Waals surface area (Å²) in [6, 6.07) is 11.8. The van der Waals surface area contributed by atoms with E-state index in [1.54, 1.807) is 25.1 Å². The molecule has 1 aliphatic heterocycles. The number of hydrogen-bond donors (Lipinski definition) is 3. The number of esters is 1. The van der Waals surface area contributed by atoms with E-state index in [1.165, 1.54) is 49.6 Å². The molecule has 50 heavy (non-hydrogen) atoms. The maximum Gasteiger partial charge on any atom is 0.394 e. The Morgan fingerprint density at radius 1 is 0.980 bits per heavy atom. The van der Waals surface area contributed by atoms with Crippen molar-refractivity contribution in [3.8, 4) is 5.75 Å². The second kappa shape index (κ2) is 15.2. The van der Waals surface area contributed by atoms with E-state index >= 15 is 4.39 Å². The molecule has 14 heteroatoms. The smallest absolute Gasteiger partial charge is 0.394 e. The number of methoxy groups -OCH3 is 1. The number of carbonyl (C=O) groups excluding carboxylic acids is 3. The van der Waals surface area contributed by atoms with Crippen molar-refractivity contribution in [2.75, 3.05) is 24.4 Å². The fourth-order valence-electron chi connectivity index (χ4n) is 6.97. The van der Waals surface area contributed by atoms with Gasteiger partial charge in [-0.05, 0) is 80.1 Å². The highest BCUT2D eigenvalue weighted by atomic mass is 35.5. The van der Waals surface area contributed by atoms with Crippen molar-refractivity contribution in [2.24, 2.45) is 17.3 Å². The van der Waals surface area contributed by atoms with Crippen LogP contribution in [-0.4, -0.2) is 49.8 Å². The second-order valence-corrected chi connectivity index (χ2v) is 13.7. The van der Waals surface area contributed by atoms with E-state index in [4.69, 9.17) is 32.7 Å². The molecule has 3 aromatic rings. The van der Waals surface area contributed by atoms with Gasteiger partial charge in [-0.25, -0.2) is 9.18 Å². The minimum atomic E-state index is -4.64. The zero-order chi connectivity index (χ0) is 36.4. The number of benzene rings is 3. The van der Waals surface area contributed by atoms with Crippen molar-refractivity contribution in [3.63, 3.8) is 0 Å². The predicted octanol–water partition coefficient (Wildman–Crippen LogP) is 8.39. The van der Waals surface area contributed by atoms with Crippen molar-refractivity contribution in [1.82, 2.24) is 5.32 Å². The quantitative estimate of drug-likeness (QED) is 0.135. The summed E-state index contributed by atoms with van der Waals surface area (Å²) in [6.07, 6.45) is -3.83. The molecule has 2 aliphatic rings. The van der Waals surface area contributed by atoms with Crippen LogP contribution < -0.4 is 20.7 Å². The Kier molecular flexibility index (Phi) is 11.3. The molecule has 0 radical (unpaired) electrons. The highest BCUT2D eigenvalue weighted by Gasteiger charge is 2.61. The summed E-state index contributed by atoms with van der Waals surface area (Å²) < 4.78 is 71.1. The predicted molar refractivity (Wildman–Crippen MR) is 182 cm³/mol. The second-order valence-electron chi connectivity index (χ2n) is 12.8. The molecular formula is C36H37Cl2F4N3O5. The molecule has 0 spiro atoms. The van der Waals surface area contributed by atoms with Crippen LogP contribution >= 0.6 is 23.2 Å². The van der Waals surface area contributed by atoms with Crippen molar-refractivity contribution < 1.29 is 41.4 Å². The monoisotopic (exact) mass is 737 g/mol. The van der Waals surface area contributed by atoms with E-state index in [0.29, 0.717) is 24.3 Å². The highest BCUT2D eigenvalue weighted by molar-refractivity contribution is 6.31. The van der Waals surface area contributed by atoms with Gasteiger partial charge in [0.25, 0.3) is 0 Å². The van der Waals surface area contributed by atoms with E-state index in [-0.39, 0.29) is 39.9 Å². The van der Waals surface area contributed by atoms with Crippen LogP contribution in [0.2, 0.25) is 10.0 Å². The molecule has 2 amide bonds. The third-order valence-corrected chi connectivity index (χ3v) is 10.4. The van der Waals surface area contributed by atoms with E-state index in [9.17, 15) is 27.6 Å². The van der Waals surface area contributed by atoms with Gasteiger partial charge in [-0.2, -0.15) is 13.2 Å². The average molecular weight is 739 g/mol. The fourth-order valence-corrected chi connectivity index (χ4v) is 7.34. The minimum absolute atomic E-state index is 0.0915. The number of rotatable bonds is 11. The normalized spacial score (nSPS) is 21.9. The molecule has 1 saturated carbocycles. The molecule has 1 heterocycles. The molecule has 2 fully saturated rings. The van der Waals surface area contributed by atoms with Crippen molar-refractivity contribution >= 4 is 52.4 Å². The molecule has 3 N–H and O–H groups in total. The third kappa shape index (κ3) is 7.57. The molecule has 2 unspecified atom stereocenters. The molecule has 5 atom stereocenters. The van der Waals surface area contributed by atoms with Gasteiger partial charge in [0, 0.05) is 22.7 Å². The summed E-state index contributed by atoms with van der Waals surface area (Å²) in [6.45, 7) is 2.93. The van der Waals surface area contributed by atoms with Crippen LogP contribution in [0.15, 0.2) is 60.7 Å². The summed E-state index contributed by atoms with van der Waals surface area (Å²) in [5.41, 5.74) is -1.80. The summed E-state index contributed by atoms with van der Waals surface area (Å²) in [7, 11) is 1.32. The molecule has 8 nitrogen and oxygen atoms in total. The lowest BCUT2D eigenvalue weighted by Gasteiger charge is -2.46. The Morgan fingerprint density at radius 2 is 1.70 bits per heavy atom. The van der Waals surface area contributed by atoms with Crippen molar-refractivity contribution in [2.45, 2.75) is 63.7 Å². The van der Waals surface area contributed by atoms with E-state index < -0.39 is 71.5 Å². The number of halogens is 6. The molecule has 5 rings (SSSR count). The van der Waals surface area contributed by atoms with Gasteiger partial charge in [0.1, 0.15) is 11.6 Å². The largest absolute Gasteiger partial charge is 0.495 e. The van der Waals surface area contributed by atoms with Gasteiger partial charge in [0.2, 0.25) is 11.8 Å². The van der Waals surface area contributed by atoms with Crippen molar-refractivity contribution in [1.29, 1.82) is 0 Å². The third-order valence-electron chi connectivity index (χ3n) is 9.86. The Labute approximate surface area is 297 Å². The van der Waals surface area contributed by atoms with Gasteiger partial charge >= 0.3 is 12.1 Å². The van der Waals surface area contributed by atoms with Gasteiger partial charge in [-0.15, -0.1) is 0 Å². The van der Waals surface area contributed by atoms with Gasteiger partial charge in [0.15, 0.2) is 0 Å². The number of hydrogen-bond acceptors (Lipinski definition) is 6. The fraction of sp³-hybridized carbons (Fsp3) is 0.417. The SMILES string of the molecule is CCOC(=O)c1ccc(NC(=O)[C@@H]2N[C@@H](CC(C)(C3CCC3)C(F)(F)F)C(C(=O)Nc3cccc(Cl)c3)[C@H]2c2cccc(Cl)c2F)c(OC)c1. The number of nitrogens with one attached hydrogen (secondary N) is 3. The zero-order valence-electron chi connectivity index (χ0n) is 27.5. The lowest BCUT2D eigenvalue weighted by atomic mass is 9.62. The minimum Gasteiger partial charge on any atom is -0.495 e. The Hall–Kier alpha value is -3.87. The average Bonchev–Trinajstić information content (AvgIpc) is 3.40. The number of amides is 2. The van der Waals surface area contributed by atoms with Gasteiger partial charge in [-0.3, -0.25) is 9.59 Å². The molecule has 1 aliphatic carbocycles. The van der Waals surface area contributed by atoms with Crippen LogP contribution in [0.5, 0.6) is 5.75 Å². The maximum atomic E-state index is 15.9. The summed E-state index contributed by atoms with van der Waals surface area (Å²) >= 11 is 12.3. The molecule has 0 aromatic heterocycles. The van der Waals surface area contributed by atoms with Gasteiger partial charge in [0.05, 0.1) is 47.4 Å². The molecule has 1 saturated heterocycles. The topological polar surface area (TPSA) is 106 Å². The van der Waals surface area contributed by atoms with Crippen LogP contribution in [0.3, 0.4) is 0 Å². The van der Waals surface area contributed by atoms with Gasteiger partial charge < -0.3 is 25.4 Å². The molecule has 3 aromatic carbocycles. The first-order chi connectivity index (χ1) is 23.7. The summed E-state index contributed by atoms with van der Waals surface area (Å²) in [4.78, 5) is 40.8. The lowest BCUT2D eigenvalue weighted by Crippen LogP contribution is -2.51. The Bertz CT molecular complexity index is 1750. The first-order valence-electron chi connectivity index (χ1n) is 16.2. The van der Waals surface area contributed by atoms with Crippen LogP contribution in [0.4, 0.5) is 28.9 Å². The summed E-state index contributed by atoms with van der Waals surface area (Å²) in [5.74, 6) is -6.35. The Balaban J connectivity index is 1.59. The molecule has 268 valence electrons. The van der Waals surface area contributed by atoms with E-state index in [1.807, 2.05) is 0 Å². The van der Waals surface area contributed by atoms with Crippen molar-refractivity contribution in [3.05, 3.63) is 87.7 Å². The van der Waals surface area contributed by atoms with Crippen LogP contribution in [-0.2, 0) is 14.3 Å². The molecular weight excluding hydrogens is 701 g/mol. The first kappa shape index (κ1) is 37.4. The van der Waals surface area contributed by atoms with Crippen LogP contribution in [0, 0.1) is 23.1 Å². The van der Waals surface area contributed by atoms with E-state index in [0.717, 1.165) is 6.92 Å². The van der Waals surface area contributed by atoms with E-state index in [2.05, 4.69) is 16.0 Å². The number of ether oxygens (including phenoxy) is 2. The first-order valence-corrected chi connectivity index (χ1v) is 16.9. The number of carbonyl (C=O) groups is 3. The molecule has 0 bridgehead atoms. The Morgan fingerprint density at radius 3 is 2.32 bits per heavy atom. The highest BCUT2D eigenvalue weighted by Crippen LogP contribution is 2.56. The number of anilines is 2. The van der Waals surface area contributed by atoms with Gasteiger partial charge in [-0.1, -0.05) is 54.7 Å². The van der Waals surface area contributed by atoms with Crippen LogP contribution in [0.1, 0.15) is 61.4 Å². The van der Waals surface area contributed by atoms with Crippen LogP contribution in [0.25, 0.3) is 0 Å². The summed E-state index contributed by atoms with van der Waals surface area (Å²) in [5, 5.41) is 8.47.